The molecule has 0 bridgehead atoms. The second-order valence-corrected chi connectivity index (χ2v) is 6.80. The van der Waals surface area contributed by atoms with Crippen LogP contribution in [0.2, 0.25) is 0 Å². The maximum absolute atomic E-state index is 12.0. The third-order valence-corrected chi connectivity index (χ3v) is 3.27. The molecule has 0 fully saturated rings. The minimum absolute atomic E-state index is 0.0414. The van der Waals surface area contributed by atoms with Crippen molar-refractivity contribution in [1.82, 2.24) is 10.6 Å². The maximum Gasteiger partial charge on any atom is 0.407 e. The van der Waals surface area contributed by atoms with Crippen molar-refractivity contribution in [3.63, 3.8) is 0 Å². The maximum atomic E-state index is 12.0. The van der Waals surface area contributed by atoms with Gasteiger partial charge in [-0.05, 0) is 32.8 Å². The number of alkyl carbamates (subject to hydrolysis) is 1. The summed E-state index contributed by atoms with van der Waals surface area (Å²) in [6, 6.07) is 8.59. The molecule has 0 saturated carbocycles. The number of esters is 1. The SMILES string of the molecule is CCC(NC(=O)CCNC(=O)OCc1ccccc1)C(=O)OC(C)(C)C. The molecular formula is C19H28N2O5. The zero-order valence-electron chi connectivity index (χ0n) is 15.8. The summed E-state index contributed by atoms with van der Waals surface area (Å²) in [5, 5.41) is 5.12. The molecule has 0 radical (unpaired) electrons. The van der Waals surface area contributed by atoms with Gasteiger partial charge in [-0.2, -0.15) is 0 Å². The van der Waals surface area contributed by atoms with E-state index in [1.165, 1.54) is 0 Å². The van der Waals surface area contributed by atoms with Gasteiger partial charge in [0.25, 0.3) is 0 Å². The van der Waals surface area contributed by atoms with E-state index in [-0.39, 0.29) is 25.5 Å². The van der Waals surface area contributed by atoms with Crippen LogP contribution in [0, 0.1) is 0 Å². The van der Waals surface area contributed by atoms with Crippen LogP contribution in [0.1, 0.15) is 46.1 Å². The number of ether oxygens (including phenoxy) is 2. The van der Waals surface area contributed by atoms with Crippen LogP contribution in [-0.4, -0.2) is 36.2 Å². The van der Waals surface area contributed by atoms with Crippen molar-refractivity contribution in [3.05, 3.63) is 35.9 Å². The monoisotopic (exact) mass is 364 g/mol. The summed E-state index contributed by atoms with van der Waals surface area (Å²) in [6.07, 6.45) is -0.131. The molecule has 0 aliphatic carbocycles. The van der Waals surface area contributed by atoms with Crippen LogP contribution in [0.4, 0.5) is 4.79 Å². The zero-order chi connectivity index (χ0) is 19.6. The molecule has 1 unspecified atom stereocenters. The second kappa shape index (κ2) is 10.4. The Morgan fingerprint density at radius 1 is 1.12 bits per heavy atom. The number of hydrogen-bond donors (Lipinski definition) is 2. The van der Waals surface area contributed by atoms with Gasteiger partial charge in [0, 0.05) is 13.0 Å². The topological polar surface area (TPSA) is 93.7 Å². The van der Waals surface area contributed by atoms with Gasteiger partial charge in [-0.25, -0.2) is 9.59 Å². The predicted octanol–water partition coefficient (Wildman–Crippen LogP) is 2.54. The van der Waals surface area contributed by atoms with E-state index in [0.717, 1.165) is 5.56 Å². The zero-order valence-corrected chi connectivity index (χ0v) is 15.8. The summed E-state index contributed by atoms with van der Waals surface area (Å²) in [5.74, 6) is -0.811. The highest BCUT2D eigenvalue weighted by atomic mass is 16.6. The average Bonchev–Trinajstić information content (AvgIpc) is 2.57. The lowest BCUT2D eigenvalue weighted by molar-refractivity contribution is -0.158. The molecule has 1 aromatic rings. The van der Waals surface area contributed by atoms with Gasteiger partial charge in [0.1, 0.15) is 18.2 Å². The minimum Gasteiger partial charge on any atom is -0.458 e. The second-order valence-electron chi connectivity index (χ2n) is 6.80. The number of benzene rings is 1. The molecule has 1 aromatic carbocycles. The smallest absolute Gasteiger partial charge is 0.407 e. The molecule has 144 valence electrons. The molecule has 0 aliphatic heterocycles. The van der Waals surface area contributed by atoms with E-state index in [9.17, 15) is 14.4 Å². The first-order chi connectivity index (χ1) is 12.2. The van der Waals surface area contributed by atoms with Crippen LogP contribution in [0.25, 0.3) is 0 Å². The fourth-order valence-corrected chi connectivity index (χ4v) is 2.02. The highest BCUT2D eigenvalue weighted by Gasteiger charge is 2.25. The Morgan fingerprint density at radius 2 is 1.77 bits per heavy atom. The fraction of sp³-hybridized carbons (Fsp3) is 0.526. The van der Waals surface area contributed by atoms with Crippen LogP contribution in [-0.2, 0) is 25.7 Å². The van der Waals surface area contributed by atoms with Gasteiger partial charge in [-0.1, -0.05) is 37.3 Å². The molecule has 2 amide bonds. The van der Waals surface area contributed by atoms with Crippen molar-refractivity contribution in [2.24, 2.45) is 0 Å². The molecule has 0 saturated heterocycles. The number of hydrogen-bond acceptors (Lipinski definition) is 5. The molecule has 7 heteroatoms. The average molecular weight is 364 g/mol. The summed E-state index contributed by atoms with van der Waals surface area (Å²) in [7, 11) is 0. The number of amides is 2. The van der Waals surface area contributed by atoms with E-state index in [2.05, 4.69) is 10.6 Å². The normalized spacial score (nSPS) is 12.0. The highest BCUT2D eigenvalue weighted by molar-refractivity contribution is 5.84. The van der Waals surface area contributed by atoms with Crippen molar-refractivity contribution < 1.29 is 23.9 Å². The fourth-order valence-electron chi connectivity index (χ4n) is 2.02. The third kappa shape index (κ3) is 9.05. The molecule has 7 nitrogen and oxygen atoms in total. The lowest BCUT2D eigenvalue weighted by Gasteiger charge is -2.24. The summed E-state index contributed by atoms with van der Waals surface area (Å²) in [4.78, 5) is 35.5. The first-order valence-electron chi connectivity index (χ1n) is 8.68. The Bertz CT molecular complexity index is 596. The van der Waals surface area contributed by atoms with Crippen molar-refractivity contribution >= 4 is 18.0 Å². The van der Waals surface area contributed by atoms with Crippen LogP contribution < -0.4 is 10.6 Å². The molecular weight excluding hydrogens is 336 g/mol. The van der Waals surface area contributed by atoms with Gasteiger partial charge in [0.05, 0.1) is 0 Å². The Labute approximate surface area is 154 Å². The van der Waals surface area contributed by atoms with Crippen molar-refractivity contribution in [1.29, 1.82) is 0 Å². The van der Waals surface area contributed by atoms with E-state index in [0.29, 0.717) is 6.42 Å². The Morgan fingerprint density at radius 3 is 2.35 bits per heavy atom. The lowest BCUT2D eigenvalue weighted by Crippen LogP contribution is -2.44. The van der Waals surface area contributed by atoms with Gasteiger partial charge in [-0.15, -0.1) is 0 Å². The molecule has 0 spiro atoms. The molecule has 0 aromatic heterocycles. The summed E-state index contributed by atoms with van der Waals surface area (Å²) < 4.78 is 10.3. The quantitative estimate of drug-likeness (QED) is 0.692. The van der Waals surface area contributed by atoms with Crippen molar-refractivity contribution in [3.8, 4) is 0 Å². The summed E-state index contributed by atoms with van der Waals surface area (Å²) >= 11 is 0. The van der Waals surface area contributed by atoms with Gasteiger partial charge in [0.2, 0.25) is 5.91 Å². The van der Waals surface area contributed by atoms with Crippen LogP contribution in [0.3, 0.4) is 0 Å². The number of carbonyl (C=O) groups is 3. The number of rotatable bonds is 8. The summed E-state index contributed by atoms with van der Waals surface area (Å²) in [5.41, 5.74) is 0.266. The standard InChI is InChI=1S/C19H28N2O5/c1-5-15(17(23)26-19(2,3)4)21-16(22)11-12-20-18(24)25-13-14-9-7-6-8-10-14/h6-10,15H,5,11-13H2,1-4H3,(H,20,24)(H,21,22). The Hall–Kier alpha value is -2.57. The van der Waals surface area contributed by atoms with E-state index < -0.39 is 23.7 Å². The first-order valence-corrected chi connectivity index (χ1v) is 8.68. The van der Waals surface area contributed by atoms with Crippen LogP contribution in [0.15, 0.2) is 30.3 Å². The molecule has 0 heterocycles. The molecule has 26 heavy (non-hydrogen) atoms. The number of nitrogens with one attached hydrogen (secondary N) is 2. The van der Waals surface area contributed by atoms with Crippen LogP contribution >= 0.6 is 0 Å². The predicted molar refractivity (Wildman–Crippen MR) is 97.3 cm³/mol. The van der Waals surface area contributed by atoms with Crippen molar-refractivity contribution in [2.75, 3.05) is 6.54 Å². The molecule has 0 aliphatic rings. The van der Waals surface area contributed by atoms with Crippen LogP contribution in [0.5, 0.6) is 0 Å². The Balaban J connectivity index is 2.28. The molecule has 1 rings (SSSR count). The first kappa shape index (κ1) is 21.5. The van der Waals surface area contributed by atoms with E-state index in [1.807, 2.05) is 30.3 Å². The third-order valence-electron chi connectivity index (χ3n) is 3.27. The largest absolute Gasteiger partial charge is 0.458 e. The van der Waals surface area contributed by atoms with E-state index in [4.69, 9.17) is 9.47 Å². The van der Waals surface area contributed by atoms with Gasteiger partial charge >= 0.3 is 12.1 Å². The van der Waals surface area contributed by atoms with Crippen molar-refractivity contribution in [2.45, 2.75) is 58.8 Å². The molecule has 2 N–H and O–H groups in total. The minimum atomic E-state index is -0.702. The Kier molecular flexibility index (Phi) is 8.61. The van der Waals surface area contributed by atoms with E-state index >= 15 is 0 Å². The van der Waals surface area contributed by atoms with E-state index in [1.54, 1.807) is 27.7 Å². The number of carbonyl (C=O) groups excluding carboxylic acids is 3. The van der Waals surface area contributed by atoms with Gasteiger partial charge in [0.15, 0.2) is 0 Å². The molecule has 1 atom stereocenters. The summed E-state index contributed by atoms with van der Waals surface area (Å²) in [6.45, 7) is 7.37. The highest BCUT2D eigenvalue weighted by Crippen LogP contribution is 2.09. The lowest BCUT2D eigenvalue weighted by atomic mass is 10.1. The van der Waals surface area contributed by atoms with Gasteiger partial charge < -0.3 is 20.1 Å². The van der Waals surface area contributed by atoms with Gasteiger partial charge in [-0.3, -0.25) is 4.79 Å².